The van der Waals surface area contributed by atoms with Crippen LogP contribution < -0.4 is 0 Å². The largest absolute Gasteiger partial charge is 0.508 e. The molecule has 0 saturated heterocycles. The highest BCUT2D eigenvalue weighted by Crippen LogP contribution is 2.42. The van der Waals surface area contributed by atoms with Crippen LogP contribution in [0.4, 0.5) is 22.0 Å². The Hall–Kier alpha value is -1.67. The van der Waals surface area contributed by atoms with Gasteiger partial charge in [0.2, 0.25) is 0 Å². The van der Waals surface area contributed by atoms with Gasteiger partial charge >= 0.3 is 6.18 Å². The van der Waals surface area contributed by atoms with E-state index in [-0.39, 0.29) is 16.6 Å². The molecular formula is C18H15BrF5NO. The van der Waals surface area contributed by atoms with E-state index >= 15 is 0 Å². The van der Waals surface area contributed by atoms with E-state index in [2.05, 4.69) is 15.9 Å². The van der Waals surface area contributed by atoms with Crippen LogP contribution in [0, 0.1) is 11.6 Å². The standard InChI is InChI=1S/C18H15BrF5NO/c1-9-4-10-5-12(26)2-3-13(10)17(25(9)8-18(22,23)24)16-14(20)6-11(19)7-15(16)21/h2-3,5-7,9,17,26H,4,8H2,1H3/t9-,17?/m1/s1. The minimum atomic E-state index is -4.52. The SMILES string of the molecule is C[C@@H]1Cc2cc(O)ccc2C(c2c(F)cc(Br)cc2F)N1CC(F)(F)F. The number of aromatic hydroxyl groups is 1. The molecule has 0 radical (unpaired) electrons. The Balaban J connectivity index is 2.22. The van der Waals surface area contributed by atoms with Gasteiger partial charge in [-0.2, -0.15) is 13.2 Å². The van der Waals surface area contributed by atoms with Crippen LogP contribution in [0.25, 0.3) is 0 Å². The first-order chi connectivity index (χ1) is 12.1. The number of rotatable bonds is 2. The third kappa shape index (κ3) is 3.71. The number of halogens is 6. The Morgan fingerprint density at radius 2 is 1.77 bits per heavy atom. The minimum absolute atomic E-state index is 0.0456. The maximum atomic E-state index is 14.6. The monoisotopic (exact) mass is 435 g/mol. The van der Waals surface area contributed by atoms with E-state index in [1.165, 1.54) is 18.2 Å². The van der Waals surface area contributed by atoms with Crippen molar-refractivity contribution in [3.05, 3.63) is 63.1 Å². The second-order valence-electron chi connectivity index (χ2n) is 6.41. The van der Waals surface area contributed by atoms with Crippen molar-refractivity contribution in [2.45, 2.75) is 31.6 Å². The van der Waals surface area contributed by atoms with Crippen LogP contribution in [-0.4, -0.2) is 28.8 Å². The Morgan fingerprint density at radius 1 is 1.15 bits per heavy atom. The molecule has 1 aliphatic heterocycles. The Labute approximate surface area is 155 Å². The molecule has 0 aliphatic carbocycles. The van der Waals surface area contributed by atoms with Crippen molar-refractivity contribution in [2.75, 3.05) is 6.54 Å². The lowest BCUT2D eigenvalue weighted by Gasteiger charge is -2.42. The van der Waals surface area contributed by atoms with E-state index in [0.717, 1.165) is 17.0 Å². The second kappa shape index (κ2) is 6.81. The van der Waals surface area contributed by atoms with Crippen LogP contribution in [0.5, 0.6) is 5.75 Å². The predicted molar refractivity (Wildman–Crippen MR) is 89.9 cm³/mol. The van der Waals surface area contributed by atoms with Crippen LogP contribution >= 0.6 is 15.9 Å². The lowest BCUT2D eigenvalue weighted by Crippen LogP contribution is -2.47. The zero-order chi connectivity index (χ0) is 19.2. The topological polar surface area (TPSA) is 23.5 Å². The van der Waals surface area contributed by atoms with Gasteiger partial charge in [-0.3, -0.25) is 4.90 Å². The summed E-state index contributed by atoms with van der Waals surface area (Å²) in [6.45, 7) is 0.272. The summed E-state index contributed by atoms with van der Waals surface area (Å²) in [6, 6.07) is 4.35. The lowest BCUT2D eigenvalue weighted by atomic mass is 9.84. The zero-order valence-electron chi connectivity index (χ0n) is 13.6. The fourth-order valence-electron chi connectivity index (χ4n) is 3.49. The molecule has 0 fully saturated rings. The van der Waals surface area contributed by atoms with Crippen molar-refractivity contribution in [2.24, 2.45) is 0 Å². The third-order valence-corrected chi connectivity index (χ3v) is 4.97. The number of hydrogen-bond donors (Lipinski definition) is 1. The number of fused-ring (bicyclic) bond motifs is 1. The first kappa shape index (κ1) is 19.1. The van der Waals surface area contributed by atoms with E-state index in [1.54, 1.807) is 6.92 Å². The van der Waals surface area contributed by atoms with Crippen molar-refractivity contribution >= 4 is 15.9 Å². The maximum absolute atomic E-state index is 14.6. The molecule has 1 heterocycles. The first-order valence-corrected chi connectivity index (χ1v) is 8.65. The van der Waals surface area contributed by atoms with E-state index < -0.39 is 42.0 Å². The number of nitrogens with zero attached hydrogens (tertiary/aromatic N) is 1. The Bertz CT molecular complexity index is 816. The van der Waals surface area contributed by atoms with Gasteiger partial charge in [-0.05, 0) is 48.7 Å². The van der Waals surface area contributed by atoms with Gasteiger partial charge < -0.3 is 5.11 Å². The summed E-state index contributed by atoms with van der Waals surface area (Å²) in [5.74, 6) is -1.90. The van der Waals surface area contributed by atoms with Gasteiger partial charge in [0.05, 0.1) is 12.6 Å². The van der Waals surface area contributed by atoms with E-state index in [9.17, 15) is 27.1 Å². The number of benzene rings is 2. The smallest absolute Gasteiger partial charge is 0.401 e. The number of alkyl halides is 3. The summed E-state index contributed by atoms with van der Waals surface area (Å²) in [5, 5.41) is 9.68. The number of phenols is 1. The normalized spacial score (nSPS) is 20.9. The fourth-order valence-corrected chi connectivity index (χ4v) is 3.90. The molecule has 3 rings (SSSR count). The molecule has 0 saturated carbocycles. The summed E-state index contributed by atoms with van der Waals surface area (Å²) >= 11 is 2.98. The fraction of sp³-hybridized carbons (Fsp3) is 0.333. The molecule has 8 heteroatoms. The predicted octanol–water partition coefficient (Wildman–Crippen LogP) is 5.33. The summed E-state index contributed by atoms with van der Waals surface area (Å²) in [7, 11) is 0. The van der Waals surface area contributed by atoms with Gasteiger partial charge in [-0.1, -0.05) is 22.0 Å². The molecule has 0 amide bonds. The molecule has 0 aromatic heterocycles. The molecule has 0 bridgehead atoms. The van der Waals surface area contributed by atoms with Gasteiger partial charge in [0.25, 0.3) is 0 Å². The molecule has 1 N–H and O–H groups in total. The Kier molecular flexibility index (Phi) is 5.00. The summed E-state index contributed by atoms with van der Waals surface area (Å²) in [5.41, 5.74) is 0.490. The summed E-state index contributed by atoms with van der Waals surface area (Å²) in [6.07, 6.45) is -4.29. The average molecular weight is 436 g/mol. The van der Waals surface area contributed by atoms with Crippen molar-refractivity contribution in [3.63, 3.8) is 0 Å². The van der Waals surface area contributed by atoms with Crippen LogP contribution in [0.3, 0.4) is 0 Å². The molecule has 0 spiro atoms. The molecule has 140 valence electrons. The first-order valence-electron chi connectivity index (χ1n) is 7.85. The molecule has 26 heavy (non-hydrogen) atoms. The van der Waals surface area contributed by atoms with Crippen molar-refractivity contribution < 1.29 is 27.1 Å². The molecule has 2 aromatic rings. The molecular weight excluding hydrogens is 421 g/mol. The molecule has 1 aliphatic rings. The second-order valence-corrected chi connectivity index (χ2v) is 7.33. The highest BCUT2D eigenvalue weighted by Gasteiger charge is 2.42. The van der Waals surface area contributed by atoms with Gasteiger partial charge in [0.1, 0.15) is 17.4 Å². The van der Waals surface area contributed by atoms with Crippen molar-refractivity contribution in [1.82, 2.24) is 4.90 Å². The third-order valence-electron chi connectivity index (χ3n) is 4.51. The van der Waals surface area contributed by atoms with Crippen molar-refractivity contribution in [3.8, 4) is 5.75 Å². The average Bonchev–Trinajstić information content (AvgIpc) is 2.47. The Morgan fingerprint density at radius 3 is 2.35 bits per heavy atom. The van der Waals surface area contributed by atoms with Crippen LogP contribution in [-0.2, 0) is 6.42 Å². The van der Waals surface area contributed by atoms with Crippen LogP contribution in [0.1, 0.15) is 29.7 Å². The van der Waals surface area contributed by atoms with E-state index in [0.29, 0.717) is 11.1 Å². The highest BCUT2D eigenvalue weighted by atomic mass is 79.9. The highest BCUT2D eigenvalue weighted by molar-refractivity contribution is 9.10. The molecule has 1 unspecified atom stereocenters. The van der Waals surface area contributed by atoms with E-state index in [1.807, 2.05) is 0 Å². The number of phenolic OH excluding ortho intramolecular Hbond substituents is 1. The zero-order valence-corrected chi connectivity index (χ0v) is 15.2. The van der Waals surface area contributed by atoms with Crippen molar-refractivity contribution in [1.29, 1.82) is 0 Å². The molecule has 2 aromatic carbocycles. The minimum Gasteiger partial charge on any atom is -0.508 e. The summed E-state index contributed by atoms with van der Waals surface area (Å²) in [4.78, 5) is 1.05. The van der Waals surface area contributed by atoms with Gasteiger partial charge in [0, 0.05) is 16.1 Å². The maximum Gasteiger partial charge on any atom is 0.401 e. The summed E-state index contributed by atoms with van der Waals surface area (Å²) < 4.78 is 68.7. The number of hydrogen-bond acceptors (Lipinski definition) is 2. The van der Waals surface area contributed by atoms with E-state index in [4.69, 9.17) is 0 Å². The van der Waals surface area contributed by atoms with Gasteiger partial charge in [-0.15, -0.1) is 0 Å². The van der Waals surface area contributed by atoms with Gasteiger partial charge in [0.15, 0.2) is 0 Å². The quantitative estimate of drug-likeness (QED) is 0.644. The van der Waals surface area contributed by atoms with Crippen LogP contribution in [0.2, 0.25) is 0 Å². The molecule has 2 atom stereocenters. The molecule has 2 nitrogen and oxygen atoms in total. The van der Waals surface area contributed by atoms with Gasteiger partial charge in [-0.25, -0.2) is 8.78 Å². The lowest BCUT2D eigenvalue weighted by molar-refractivity contribution is -0.155. The van der Waals surface area contributed by atoms with Crippen LogP contribution in [0.15, 0.2) is 34.8 Å².